The molecule has 0 spiro atoms. The van der Waals surface area contributed by atoms with Crippen molar-refractivity contribution >= 4 is 27.5 Å². The van der Waals surface area contributed by atoms with Gasteiger partial charge in [0.2, 0.25) is 11.7 Å². The number of fused-ring (bicyclic) bond motifs is 1. The van der Waals surface area contributed by atoms with Crippen molar-refractivity contribution in [1.29, 1.82) is 0 Å². The zero-order valence-corrected chi connectivity index (χ0v) is 20.3. The molecule has 0 aliphatic rings. The van der Waals surface area contributed by atoms with Gasteiger partial charge >= 0.3 is 0 Å². The SMILES string of the molecule is Cc1ccc(CNC(=O)Cn2cnc3sc(-c4nc(-c5ccc(C)cc5)no4)c(C)c3c2=O)cc1. The topological polar surface area (TPSA) is 103 Å². The molecule has 0 saturated carbocycles. The summed E-state index contributed by atoms with van der Waals surface area (Å²) in [5.41, 5.74) is 4.57. The first-order chi connectivity index (χ1) is 16.9. The molecule has 3 aromatic heterocycles. The fraction of sp³-hybridized carbons (Fsp3) is 0.192. The number of carbonyl (C=O) groups is 1. The molecule has 0 unspecified atom stereocenters. The first kappa shape index (κ1) is 22.7. The average Bonchev–Trinajstić information content (AvgIpc) is 3.46. The number of aromatic nitrogens is 4. The largest absolute Gasteiger partial charge is 0.350 e. The number of nitrogens with zero attached hydrogens (tertiary/aromatic N) is 4. The van der Waals surface area contributed by atoms with Crippen LogP contribution in [0.5, 0.6) is 0 Å². The number of aryl methyl sites for hydroxylation is 3. The molecule has 0 bridgehead atoms. The number of amides is 1. The molecule has 35 heavy (non-hydrogen) atoms. The molecule has 1 amide bonds. The van der Waals surface area contributed by atoms with E-state index >= 15 is 0 Å². The lowest BCUT2D eigenvalue weighted by molar-refractivity contribution is -0.121. The van der Waals surface area contributed by atoms with E-state index in [0.29, 0.717) is 38.9 Å². The van der Waals surface area contributed by atoms with E-state index in [9.17, 15) is 9.59 Å². The molecule has 0 saturated heterocycles. The lowest BCUT2D eigenvalue weighted by Crippen LogP contribution is -2.32. The van der Waals surface area contributed by atoms with Crippen molar-refractivity contribution in [3.05, 3.63) is 87.5 Å². The van der Waals surface area contributed by atoms with Crippen LogP contribution in [-0.2, 0) is 17.9 Å². The van der Waals surface area contributed by atoms with Gasteiger partial charge in [-0.25, -0.2) is 4.98 Å². The summed E-state index contributed by atoms with van der Waals surface area (Å²) in [6, 6.07) is 15.8. The third-order valence-corrected chi connectivity index (χ3v) is 6.96. The van der Waals surface area contributed by atoms with E-state index in [4.69, 9.17) is 4.52 Å². The minimum atomic E-state index is -0.279. The Labute approximate surface area is 205 Å². The number of carbonyl (C=O) groups excluding carboxylic acids is 1. The van der Waals surface area contributed by atoms with Gasteiger partial charge in [0.25, 0.3) is 11.4 Å². The van der Waals surface area contributed by atoms with Crippen LogP contribution >= 0.6 is 11.3 Å². The summed E-state index contributed by atoms with van der Waals surface area (Å²) < 4.78 is 6.83. The lowest BCUT2D eigenvalue weighted by atomic mass is 10.1. The van der Waals surface area contributed by atoms with E-state index in [0.717, 1.165) is 22.3 Å². The van der Waals surface area contributed by atoms with Gasteiger partial charge < -0.3 is 9.84 Å². The van der Waals surface area contributed by atoms with Crippen molar-refractivity contribution in [1.82, 2.24) is 25.0 Å². The molecule has 2 aromatic carbocycles. The maximum Gasteiger partial charge on any atom is 0.268 e. The van der Waals surface area contributed by atoms with Crippen LogP contribution in [-0.4, -0.2) is 25.6 Å². The van der Waals surface area contributed by atoms with Crippen LogP contribution in [0.25, 0.3) is 32.4 Å². The second kappa shape index (κ2) is 9.27. The van der Waals surface area contributed by atoms with Crippen molar-refractivity contribution in [3.63, 3.8) is 0 Å². The number of rotatable bonds is 6. The second-order valence-corrected chi connectivity index (χ2v) is 9.46. The summed E-state index contributed by atoms with van der Waals surface area (Å²) >= 11 is 1.32. The van der Waals surface area contributed by atoms with E-state index in [1.807, 2.05) is 69.3 Å². The number of thiophene rings is 1. The van der Waals surface area contributed by atoms with Crippen LogP contribution < -0.4 is 10.9 Å². The Morgan fingerprint density at radius 2 is 1.71 bits per heavy atom. The van der Waals surface area contributed by atoms with Crippen molar-refractivity contribution in [2.75, 3.05) is 0 Å². The number of hydrogen-bond acceptors (Lipinski definition) is 7. The molecule has 3 heterocycles. The Kier molecular flexibility index (Phi) is 6.00. The molecular formula is C26H23N5O3S. The molecule has 5 aromatic rings. The van der Waals surface area contributed by atoms with E-state index in [-0.39, 0.29) is 18.0 Å². The van der Waals surface area contributed by atoms with Gasteiger partial charge in [0.05, 0.1) is 16.6 Å². The van der Waals surface area contributed by atoms with Gasteiger partial charge in [-0.15, -0.1) is 11.3 Å². The van der Waals surface area contributed by atoms with Crippen LogP contribution in [0.3, 0.4) is 0 Å². The highest BCUT2D eigenvalue weighted by atomic mass is 32.1. The zero-order valence-electron chi connectivity index (χ0n) is 19.5. The number of benzene rings is 2. The zero-order chi connectivity index (χ0) is 24.5. The van der Waals surface area contributed by atoms with Gasteiger partial charge in [0, 0.05) is 12.1 Å². The van der Waals surface area contributed by atoms with Crippen molar-refractivity contribution in [3.8, 4) is 22.2 Å². The fourth-order valence-corrected chi connectivity index (χ4v) is 4.79. The number of hydrogen-bond donors (Lipinski definition) is 1. The molecule has 0 atom stereocenters. The molecule has 0 fully saturated rings. The van der Waals surface area contributed by atoms with E-state index in [1.165, 1.54) is 22.2 Å². The number of nitrogens with one attached hydrogen (secondary N) is 1. The lowest BCUT2D eigenvalue weighted by Gasteiger charge is -2.08. The summed E-state index contributed by atoms with van der Waals surface area (Å²) in [5, 5.41) is 7.40. The minimum absolute atomic E-state index is 0.115. The highest BCUT2D eigenvalue weighted by Crippen LogP contribution is 2.35. The van der Waals surface area contributed by atoms with Crippen LogP contribution in [0.2, 0.25) is 0 Å². The highest BCUT2D eigenvalue weighted by Gasteiger charge is 2.21. The van der Waals surface area contributed by atoms with Crippen molar-refractivity contribution in [2.24, 2.45) is 0 Å². The Balaban J connectivity index is 1.37. The molecular weight excluding hydrogens is 462 g/mol. The minimum Gasteiger partial charge on any atom is -0.350 e. The van der Waals surface area contributed by atoms with E-state index in [1.54, 1.807) is 0 Å². The molecule has 1 N–H and O–H groups in total. The standard InChI is InChI=1S/C26H23N5O3S/c1-15-4-8-18(9-5-15)12-27-20(32)13-31-14-28-25-21(26(31)33)17(3)22(35-25)24-29-23(30-34-24)19-10-6-16(2)7-11-19/h4-11,14H,12-13H2,1-3H3,(H,27,32). The van der Waals surface area contributed by atoms with Gasteiger partial charge in [-0.3, -0.25) is 14.2 Å². The van der Waals surface area contributed by atoms with Crippen LogP contribution in [0.15, 0.2) is 64.2 Å². The van der Waals surface area contributed by atoms with Gasteiger partial charge in [0.1, 0.15) is 11.4 Å². The van der Waals surface area contributed by atoms with Gasteiger partial charge in [-0.1, -0.05) is 64.8 Å². The van der Waals surface area contributed by atoms with Crippen LogP contribution in [0, 0.1) is 20.8 Å². The summed E-state index contributed by atoms with van der Waals surface area (Å²) in [4.78, 5) is 35.9. The predicted octanol–water partition coefficient (Wildman–Crippen LogP) is 4.42. The summed E-state index contributed by atoms with van der Waals surface area (Å²) in [5.74, 6) is 0.553. The fourth-order valence-electron chi connectivity index (χ4n) is 3.73. The van der Waals surface area contributed by atoms with Gasteiger partial charge in [0.15, 0.2) is 0 Å². The molecule has 176 valence electrons. The summed E-state index contributed by atoms with van der Waals surface area (Å²) in [6.45, 7) is 6.13. The predicted molar refractivity (Wildman–Crippen MR) is 135 cm³/mol. The van der Waals surface area contributed by atoms with Crippen molar-refractivity contribution < 1.29 is 9.32 Å². The van der Waals surface area contributed by atoms with E-state index < -0.39 is 0 Å². The highest BCUT2D eigenvalue weighted by molar-refractivity contribution is 7.22. The van der Waals surface area contributed by atoms with Gasteiger partial charge in [-0.2, -0.15) is 4.98 Å². The van der Waals surface area contributed by atoms with Crippen molar-refractivity contribution in [2.45, 2.75) is 33.9 Å². The van der Waals surface area contributed by atoms with Gasteiger partial charge in [-0.05, 0) is 31.9 Å². The Hall–Kier alpha value is -4.11. The first-order valence-corrected chi connectivity index (χ1v) is 11.9. The smallest absolute Gasteiger partial charge is 0.268 e. The maximum absolute atomic E-state index is 13.2. The first-order valence-electron chi connectivity index (χ1n) is 11.1. The molecule has 0 aliphatic heterocycles. The maximum atomic E-state index is 13.2. The third-order valence-electron chi connectivity index (χ3n) is 5.77. The quantitative estimate of drug-likeness (QED) is 0.382. The van der Waals surface area contributed by atoms with Crippen LogP contribution in [0.4, 0.5) is 0 Å². The molecule has 9 heteroatoms. The Morgan fingerprint density at radius 3 is 2.43 bits per heavy atom. The molecule has 0 radical (unpaired) electrons. The third kappa shape index (κ3) is 4.63. The monoisotopic (exact) mass is 485 g/mol. The summed E-state index contributed by atoms with van der Waals surface area (Å²) in [6.07, 6.45) is 1.40. The molecule has 0 aliphatic carbocycles. The van der Waals surface area contributed by atoms with Crippen LogP contribution in [0.1, 0.15) is 22.3 Å². The Morgan fingerprint density at radius 1 is 1.03 bits per heavy atom. The molecule has 8 nitrogen and oxygen atoms in total. The van der Waals surface area contributed by atoms with E-state index in [2.05, 4.69) is 20.4 Å². The molecule has 5 rings (SSSR count). The Bertz CT molecular complexity index is 1580. The normalized spacial score (nSPS) is 11.2. The average molecular weight is 486 g/mol. The second-order valence-electron chi connectivity index (χ2n) is 8.47. The summed E-state index contributed by atoms with van der Waals surface area (Å²) in [7, 11) is 0.